The van der Waals surface area contributed by atoms with E-state index in [-0.39, 0.29) is 23.3 Å². The zero-order valence-corrected chi connectivity index (χ0v) is 17.0. The average Bonchev–Trinajstić information content (AvgIpc) is 3.31. The van der Waals surface area contributed by atoms with E-state index in [0.717, 1.165) is 18.3 Å². The van der Waals surface area contributed by atoms with Crippen molar-refractivity contribution in [2.75, 3.05) is 6.54 Å². The lowest BCUT2D eigenvalue weighted by atomic mass is 9.95. The molecule has 0 unspecified atom stereocenters. The van der Waals surface area contributed by atoms with Crippen molar-refractivity contribution in [1.82, 2.24) is 29.3 Å². The number of fused-ring (bicyclic) bond motifs is 2. The Morgan fingerprint density at radius 1 is 1.12 bits per heavy atom. The fourth-order valence-electron chi connectivity index (χ4n) is 4.28. The Bertz CT molecular complexity index is 1370. The summed E-state index contributed by atoms with van der Waals surface area (Å²) in [6.45, 7) is 2.00. The molecule has 1 amide bonds. The van der Waals surface area contributed by atoms with Crippen LogP contribution in [0.4, 0.5) is 17.6 Å². The van der Waals surface area contributed by atoms with Crippen molar-refractivity contribution in [3.05, 3.63) is 70.9 Å². The third-order valence-electron chi connectivity index (χ3n) is 5.75. The van der Waals surface area contributed by atoms with Gasteiger partial charge in [-0.15, -0.1) is 0 Å². The molecule has 7 nitrogen and oxygen atoms in total. The highest BCUT2D eigenvalue weighted by atomic mass is 19.2. The molecule has 32 heavy (non-hydrogen) atoms. The summed E-state index contributed by atoms with van der Waals surface area (Å²) in [6, 6.07) is 1.32. The molecule has 0 spiro atoms. The molecule has 0 fully saturated rings. The van der Waals surface area contributed by atoms with Crippen LogP contribution in [0.2, 0.25) is 0 Å². The second-order valence-electron chi connectivity index (χ2n) is 7.58. The van der Waals surface area contributed by atoms with E-state index in [1.807, 2.05) is 0 Å². The van der Waals surface area contributed by atoms with E-state index in [0.29, 0.717) is 23.4 Å². The number of aryl methyl sites for hydroxylation is 1. The molecule has 1 aliphatic heterocycles. The summed E-state index contributed by atoms with van der Waals surface area (Å²) < 4.78 is 58.0. The standard InChI is InChI=1S/C21H16F4N6O/c1-10-17-12(19(29(2)28-17)11-7-13(22)16(25)14(23)8-11)3-5-30(10)21(32)18-20-15(24)9-27-31(20)6-4-26-18/h4,6-10H,3,5H2,1-2H3/t10-/m0/s1. The molecule has 1 aromatic carbocycles. The Balaban J connectivity index is 1.55. The molecule has 11 heteroatoms. The minimum Gasteiger partial charge on any atom is -0.328 e. The number of nitrogens with zero attached hydrogens (tertiary/aromatic N) is 6. The number of amides is 1. The number of carbonyl (C=O) groups is 1. The number of aromatic nitrogens is 5. The Morgan fingerprint density at radius 2 is 1.84 bits per heavy atom. The maximum atomic E-state index is 14.2. The molecule has 3 aromatic heterocycles. The van der Waals surface area contributed by atoms with Gasteiger partial charge in [-0.05, 0) is 25.5 Å². The first-order chi connectivity index (χ1) is 15.3. The number of benzene rings is 1. The third-order valence-corrected chi connectivity index (χ3v) is 5.75. The van der Waals surface area contributed by atoms with Crippen LogP contribution in [0.5, 0.6) is 0 Å². The first-order valence-corrected chi connectivity index (χ1v) is 9.77. The first kappa shape index (κ1) is 20.2. The summed E-state index contributed by atoms with van der Waals surface area (Å²) in [5.41, 5.74) is 1.74. The molecule has 164 valence electrons. The maximum absolute atomic E-state index is 14.2. The van der Waals surface area contributed by atoms with E-state index >= 15 is 0 Å². The predicted octanol–water partition coefficient (Wildman–Crippen LogP) is 3.45. The Kier molecular flexibility index (Phi) is 4.50. The monoisotopic (exact) mass is 444 g/mol. The summed E-state index contributed by atoms with van der Waals surface area (Å²) in [5.74, 6) is -5.27. The molecule has 0 N–H and O–H groups in total. The maximum Gasteiger partial charge on any atom is 0.275 e. The molecule has 0 bridgehead atoms. The van der Waals surface area contributed by atoms with Gasteiger partial charge in [0.25, 0.3) is 5.91 Å². The van der Waals surface area contributed by atoms with Crippen LogP contribution in [0.25, 0.3) is 16.8 Å². The number of halogens is 4. The third kappa shape index (κ3) is 2.88. The zero-order valence-electron chi connectivity index (χ0n) is 17.0. The van der Waals surface area contributed by atoms with Crippen molar-refractivity contribution in [2.24, 2.45) is 7.05 Å². The number of hydrogen-bond donors (Lipinski definition) is 0. The molecule has 1 aliphatic rings. The van der Waals surface area contributed by atoms with Crippen molar-refractivity contribution in [3.63, 3.8) is 0 Å². The van der Waals surface area contributed by atoms with Crippen molar-refractivity contribution in [3.8, 4) is 11.3 Å². The summed E-state index contributed by atoms with van der Waals surface area (Å²) in [7, 11) is 1.61. The Morgan fingerprint density at radius 3 is 2.56 bits per heavy atom. The fourth-order valence-corrected chi connectivity index (χ4v) is 4.28. The van der Waals surface area contributed by atoms with Gasteiger partial charge in [-0.1, -0.05) is 0 Å². The van der Waals surface area contributed by atoms with Gasteiger partial charge in [0, 0.05) is 37.1 Å². The summed E-state index contributed by atoms with van der Waals surface area (Å²) in [5, 5.41) is 8.32. The van der Waals surface area contributed by atoms with E-state index in [4.69, 9.17) is 0 Å². The molecule has 4 heterocycles. The minimum atomic E-state index is -1.54. The normalized spacial score (nSPS) is 15.9. The summed E-state index contributed by atoms with van der Waals surface area (Å²) in [6.07, 6.45) is 4.15. The molecule has 1 atom stereocenters. The summed E-state index contributed by atoms with van der Waals surface area (Å²) >= 11 is 0. The van der Waals surface area contributed by atoms with Gasteiger partial charge in [0.1, 0.15) is 5.52 Å². The zero-order chi connectivity index (χ0) is 22.7. The second-order valence-corrected chi connectivity index (χ2v) is 7.58. The van der Waals surface area contributed by atoms with Gasteiger partial charge in [0.2, 0.25) is 0 Å². The van der Waals surface area contributed by atoms with Crippen LogP contribution in [0, 0.1) is 23.3 Å². The SMILES string of the molecule is C[C@H]1c2nn(C)c(-c3cc(F)c(F)c(F)c3)c2CCN1C(=O)c1nccn2ncc(F)c12. The van der Waals surface area contributed by atoms with Crippen molar-refractivity contribution in [1.29, 1.82) is 0 Å². The number of carbonyl (C=O) groups excluding carboxylic acids is 1. The Hall–Kier alpha value is -3.76. The van der Waals surface area contributed by atoms with E-state index in [1.54, 1.807) is 14.0 Å². The van der Waals surface area contributed by atoms with Crippen LogP contribution in [-0.4, -0.2) is 41.7 Å². The molecule has 0 saturated carbocycles. The van der Waals surface area contributed by atoms with Crippen molar-refractivity contribution < 1.29 is 22.4 Å². The molecular weight excluding hydrogens is 428 g/mol. The van der Waals surface area contributed by atoms with Crippen LogP contribution < -0.4 is 0 Å². The van der Waals surface area contributed by atoms with Gasteiger partial charge >= 0.3 is 0 Å². The van der Waals surface area contributed by atoms with Crippen LogP contribution in [0.1, 0.15) is 34.7 Å². The first-order valence-electron chi connectivity index (χ1n) is 9.77. The molecule has 0 aliphatic carbocycles. The molecule has 4 aromatic rings. The van der Waals surface area contributed by atoms with E-state index in [1.165, 1.54) is 26.5 Å². The van der Waals surface area contributed by atoms with E-state index < -0.39 is 35.2 Å². The van der Waals surface area contributed by atoms with E-state index in [2.05, 4.69) is 15.2 Å². The topological polar surface area (TPSA) is 68.3 Å². The van der Waals surface area contributed by atoms with Gasteiger partial charge < -0.3 is 4.90 Å². The molecular formula is C21H16F4N6O. The Labute approximate surface area is 178 Å². The lowest BCUT2D eigenvalue weighted by Crippen LogP contribution is -2.39. The summed E-state index contributed by atoms with van der Waals surface area (Å²) in [4.78, 5) is 18.8. The number of rotatable bonds is 2. The highest BCUT2D eigenvalue weighted by Gasteiger charge is 2.35. The largest absolute Gasteiger partial charge is 0.328 e. The van der Waals surface area contributed by atoms with Crippen LogP contribution in [0.15, 0.2) is 30.7 Å². The molecule has 0 radical (unpaired) electrons. The fraction of sp³-hybridized carbons (Fsp3) is 0.238. The van der Waals surface area contributed by atoms with Gasteiger partial charge in [0.15, 0.2) is 29.0 Å². The molecule has 0 saturated heterocycles. The van der Waals surface area contributed by atoms with Gasteiger partial charge in [0.05, 0.1) is 23.6 Å². The van der Waals surface area contributed by atoms with E-state index in [9.17, 15) is 22.4 Å². The second kappa shape index (κ2) is 7.14. The van der Waals surface area contributed by atoms with Crippen molar-refractivity contribution >= 4 is 11.4 Å². The smallest absolute Gasteiger partial charge is 0.275 e. The van der Waals surface area contributed by atoms with Crippen molar-refractivity contribution in [2.45, 2.75) is 19.4 Å². The highest BCUT2D eigenvalue weighted by Crippen LogP contribution is 2.37. The quantitative estimate of drug-likeness (QED) is 0.351. The number of hydrogen-bond acceptors (Lipinski definition) is 4. The van der Waals surface area contributed by atoms with Gasteiger partial charge in [-0.2, -0.15) is 10.2 Å². The minimum absolute atomic E-state index is 0.0190. The lowest BCUT2D eigenvalue weighted by molar-refractivity contribution is 0.0669. The van der Waals surface area contributed by atoms with Crippen LogP contribution in [0.3, 0.4) is 0 Å². The van der Waals surface area contributed by atoms with Gasteiger partial charge in [-0.25, -0.2) is 27.1 Å². The van der Waals surface area contributed by atoms with Gasteiger partial charge in [-0.3, -0.25) is 9.48 Å². The predicted molar refractivity (Wildman–Crippen MR) is 105 cm³/mol. The lowest BCUT2D eigenvalue weighted by Gasteiger charge is -2.32. The highest BCUT2D eigenvalue weighted by molar-refractivity contribution is 5.99. The molecule has 5 rings (SSSR count). The van der Waals surface area contributed by atoms with Crippen LogP contribution >= 0.6 is 0 Å². The van der Waals surface area contributed by atoms with Crippen LogP contribution in [-0.2, 0) is 13.5 Å². The average molecular weight is 444 g/mol.